The highest BCUT2D eigenvalue weighted by atomic mass is 31.2. The third-order valence-electron chi connectivity index (χ3n) is 6.20. The molecular weight excluding hydrogens is 487 g/mol. The fourth-order valence-corrected chi connectivity index (χ4v) is 5.02. The number of esters is 1. The van der Waals surface area contributed by atoms with Gasteiger partial charge >= 0.3 is 13.8 Å². The van der Waals surface area contributed by atoms with Gasteiger partial charge in [0.25, 0.3) is 0 Å². The summed E-state index contributed by atoms with van der Waals surface area (Å²) in [5.41, 5.74) is 2.95. The summed E-state index contributed by atoms with van der Waals surface area (Å²) in [6.45, 7) is 11.3. The highest BCUT2D eigenvalue weighted by Gasteiger charge is 2.42. The predicted molar refractivity (Wildman–Crippen MR) is 136 cm³/mol. The van der Waals surface area contributed by atoms with Gasteiger partial charge in [-0.25, -0.2) is 9.36 Å². The minimum absolute atomic E-state index is 0.0854. The molecule has 3 unspecified atom stereocenters. The summed E-state index contributed by atoms with van der Waals surface area (Å²) in [5, 5.41) is 29.0. The van der Waals surface area contributed by atoms with E-state index < -0.39 is 50.2 Å². The quantitative estimate of drug-likeness (QED) is 0.132. The van der Waals surface area contributed by atoms with Crippen LogP contribution in [0.15, 0.2) is 70.8 Å². The molecule has 0 fully saturated rings. The van der Waals surface area contributed by atoms with Gasteiger partial charge in [-0.05, 0) is 39.5 Å². The summed E-state index contributed by atoms with van der Waals surface area (Å²) in [7, 11) is -4.61. The highest BCUT2D eigenvalue weighted by molar-refractivity contribution is 7.47. The van der Waals surface area contributed by atoms with Crippen molar-refractivity contribution in [1.29, 1.82) is 0 Å². The zero-order chi connectivity index (χ0) is 27.3. The summed E-state index contributed by atoms with van der Waals surface area (Å²) >= 11 is 0. The summed E-state index contributed by atoms with van der Waals surface area (Å²) in [5.74, 6) is -3.02. The molecule has 0 bridgehead atoms. The molecule has 10 heteroatoms. The Bertz CT molecular complexity index is 1060. The van der Waals surface area contributed by atoms with Gasteiger partial charge in [0.1, 0.15) is 6.10 Å². The molecule has 2 aliphatic rings. The van der Waals surface area contributed by atoms with Gasteiger partial charge in [0, 0.05) is 5.92 Å². The second-order valence-corrected chi connectivity index (χ2v) is 11.2. The van der Waals surface area contributed by atoms with Crippen molar-refractivity contribution in [3.8, 4) is 0 Å². The SMILES string of the molecule is C/C=C(C)/C=C/C=C(C)/C=C/C1C(C)=CC(OP(=O)(O)OC[C@H](O)[C@H]2OC(=O)C(O)=C2O)CC1(C)C. The van der Waals surface area contributed by atoms with Crippen LogP contribution in [0.25, 0.3) is 0 Å². The Morgan fingerprint density at radius 3 is 2.50 bits per heavy atom. The molecule has 5 atom stereocenters. The maximum absolute atomic E-state index is 12.5. The van der Waals surface area contributed by atoms with E-state index in [1.165, 1.54) is 5.57 Å². The van der Waals surface area contributed by atoms with Crippen LogP contribution in [0.4, 0.5) is 0 Å². The molecule has 0 spiro atoms. The van der Waals surface area contributed by atoms with Gasteiger partial charge in [-0.15, -0.1) is 0 Å². The van der Waals surface area contributed by atoms with Crippen molar-refractivity contribution >= 4 is 13.8 Å². The maximum atomic E-state index is 12.5. The number of carbonyl (C=O) groups excluding carboxylic acids is 1. The predicted octanol–water partition coefficient (Wildman–Crippen LogP) is 5.12. The zero-order valence-corrected chi connectivity index (χ0v) is 22.4. The van der Waals surface area contributed by atoms with Crippen LogP contribution in [0, 0.1) is 11.3 Å². The van der Waals surface area contributed by atoms with Crippen LogP contribution in [-0.4, -0.2) is 51.1 Å². The van der Waals surface area contributed by atoms with Gasteiger partial charge in [-0.2, -0.15) is 0 Å². The van der Waals surface area contributed by atoms with Crippen LogP contribution in [-0.2, 0) is 23.1 Å². The lowest BCUT2D eigenvalue weighted by atomic mass is 9.67. The second kappa shape index (κ2) is 12.2. The van der Waals surface area contributed by atoms with E-state index in [0.29, 0.717) is 6.42 Å². The highest BCUT2D eigenvalue weighted by Crippen LogP contribution is 2.50. The molecule has 1 aliphatic carbocycles. The third kappa shape index (κ3) is 8.05. The van der Waals surface area contributed by atoms with Gasteiger partial charge in [-0.1, -0.05) is 73.1 Å². The number of ether oxygens (including phenoxy) is 1. The van der Waals surface area contributed by atoms with E-state index in [4.69, 9.17) is 9.05 Å². The van der Waals surface area contributed by atoms with E-state index in [1.807, 2.05) is 65.8 Å². The Morgan fingerprint density at radius 1 is 1.28 bits per heavy atom. The maximum Gasteiger partial charge on any atom is 0.472 e. The fourth-order valence-electron chi connectivity index (χ4n) is 4.14. The van der Waals surface area contributed by atoms with E-state index in [2.05, 4.69) is 16.9 Å². The Morgan fingerprint density at radius 2 is 1.94 bits per heavy atom. The number of hydrogen-bond acceptors (Lipinski definition) is 8. The molecule has 0 aromatic carbocycles. The number of rotatable bonds is 10. The van der Waals surface area contributed by atoms with Gasteiger partial charge in [0.05, 0.1) is 12.7 Å². The number of cyclic esters (lactones) is 1. The molecule has 4 N–H and O–H groups in total. The van der Waals surface area contributed by atoms with Crippen molar-refractivity contribution in [2.24, 2.45) is 11.3 Å². The number of phosphoric ester groups is 1. The molecule has 0 aromatic rings. The number of allylic oxidation sites excluding steroid dienone is 9. The van der Waals surface area contributed by atoms with Gasteiger partial charge in [0.15, 0.2) is 11.9 Å². The van der Waals surface area contributed by atoms with Crippen LogP contribution in [0.5, 0.6) is 0 Å². The van der Waals surface area contributed by atoms with Crippen LogP contribution in [0.2, 0.25) is 0 Å². The first-order valence-electron chi connectivity index (χ1n) is 11.7. The van der Waals surface area contributed by atoms with Gasteiger partial charge in [-0.3, -0.25) is 9.05 Å². The first kappa shape index (κ1) is 29.8. The van der Waals surface area contributed by atoms with Gasteiger partial charge in [0.2, 0.25) is 5.76 Å². The molecule has 36 heavy (non-hydrogen) atoms. The summed E-state index contributed by atoms with van der Waals surface area (Å²) < 4.78 is 27.3. The molecule has 0 amide bonds. The zero-order valence-electron chi connectivity index (χ0n) is 21.5. The fraction of sp³-hybridized carbons (Fsp3) is 0.500. The van der Waals surface area contributed by atoms with E-state index in [9.17, 15) is 29.6 Å². The Labute approximate surface area is 212 Å². The van der Waals surface area contributed by atoms with Gasteiger partial charge < -0.3 is 24.9 Å². The van der Waals surface area contributed by atoms with E-state index in [0.717, 1.165) is 11.1 Å². The standard InChI is InChI=1S/C26H37O9P/c1-7-16(2)9-8-10-17(3)11-12-20-18(4)13-19(14-26(20,5)6)35-36(31,32)33-15-21(27)24-22(28)23(29)25(30)34-24/h7-13,19-21,24,27-29H,14-15H2,1-6H3,(H,31,32)/b9-8+,12-11+,16-7+,17-10+/t19?,20?,21-,24+/m0/s1. The third-order valence-corrected chi connectivity index (χ3v) is 7.21. The molecule has 2 rings (SSSR count). The minimum atomic E-state index is -4.61. The smallest absolute Gasteiger partial charge is 0.472 e. The number of carbonyl (C=O) groups is 1. The lowest BCUT2D eigenvalue weighted by Crippen LogP contribution is -2.34. The van der Waals surface area contributed by atoms with Crippen LogP contribution in [0.1, 0.15) is 48.0 Å². The van der Waals surface area contributed by atoms with Crippen molar-refractivity contribution in [2.45, 2.75) is 66.3 Å². The monoisotopic (exact) mass is 524 g/mol. The lowest BCUT2D eigenvalue weighted by molar-refractivity contribution is -0.147. The lowest BCUT2D eigenvalue weighted by Gasteiger charge is -2.40. The number of aliphatic hydroxyl groups is 3. The number of phosphoric acid groups is 1. The first-order valence-corrected chi connectivity index (χ1v) is 13.2. The molecule has 0 saturated carbocycles. The molecule has 0 aromatic heterocycles. The number of hydrogen-bond donors (Lipinski definition) is 4. The second-order valence-electron chi connectivity index (χ2n) is 9.78. The average molecular weight is 525 g/mol. The minimum Gasteiger partial charge on any atom is -0.505 e. The Hall–Kier alpha value is -2.42. The molecule has 200 valence electrons. The Kier molecular flexibility index (Phi) is 10.1. The summed E-state index contributed by atoms with van der Waals surface area (Å²) in [4.78, 5) is 21.4. The van der Waals surface area contributed by atoms with E-state index in [1.54, 1.807) is 6.08 Å². The molecule has 0 saturated heterocycles. The van der Waals surface area contributed by atoms with Crippen LogP contribution in [0.3, 0.4) is 0 Å². The van der Waals surface area contributed by atoms with Crippen molar-refractivity contribution in [3.05, 3.63) is 70.8 Å². The number of aliphatic hydroxyl groups excluding tert-OH is 3. The molecule has 0 radical (unpaired) electrons. The normalized spacial score (nSPS) is 27.9. The van der Waals surface area contributed by atoms with Crippen LogP contribution >= 0.6 is 7.82 Å². The van der Waals surface area contributed by atoms with E-state index in [-0.39, 0.29) is 11.3 Å². The molecule has 1 aliphatic heterocycles. The Balaban J connectivity index is 2.02. The molecule has 1 heterocycles. The largest absolute Gasteiger partial charge is 0.505 e. The molecule has 9 nitrogen and oxygen atoms in total. The van der Waals surface area contributed by atoms with E-state index >= 15 is 0 Å². The van der Waals surface area contributed by atoms with Crippen LogP contribution < -0.4 is 0 Å². The average Bonchev–Trinajstić information content (AvgIpc) is 3.03. The summed E-state index contributed by atoms with van der Waals surface area (Å²) in [6.07, 6.45) is 10.5. The first-order chi connectivity index (χ1) is 16.7. The van der Waals surface area contributed by atoms with Crippen molar-refractivity contribution in [3.63, 3.8) is 0 Å². The molecular formula is C26H37O9P. The summed E-state index contributed by atoms with van der Waals surface area (Å²) in [6, 6.07) is 0. The van der Waals surface area contributed by atoms with Crippen molar-refractivity contribution < 1.29 is 43.4 Å². The van der Waals surface area contributed by atoms with Crippen molar-refractivity contribution in [1.82, 2.24) is 0 Å². The van der Waals surface area contributed by atoms with Crippen molar-refractivity contribution in [2.75, 3.05) is 6.61 Å². The topological polar surface area (TPSA) is 143 Å².